The number of ether oxygens (including phenoxy) is 1. The number of likely N-dealkylation sites (tertiary alicyclic amines) is 1. The number of fused-ring (bicyclic) bond motifs is 1. The van der Waals surface area contributed by atoms with Crippen LogP contribution in [0.2, 0.25) is 0 Å². The Bertz CT molecular complexity index is 699. The fourth-order valence-electron chi connectivity index (χ4n) is 5.30. The quantitative estimate of drug-likeness (QED) is 0.688. The Labute approximate surface area is 159 Å². The van der Waals surface area contributed by atoms with Crippen molar-refractivity contribution in [2.45, 2.75) is 55.9 Å². The Balaban J connectivity index is 1.66. The maximum absolute atomic E-state index is 13.3. The second-order valence-electron chi connectivity index (χ2n) is 7.94. The molecule has 146 valence electrons. The van der Waals surface area contributed by atoms with Crippen molar-refractivity contribution in [2.24, 2.45) is 11.8 Å². The number of nitrogens with one attached hydrogen (secondary N) is 2. The van der Waals surface area contributed by atoms with E-state index in [1.54, 1.807) is 13.1 Å². The first-order chi connectivity index (χ1) is 13.0. The lowest BCUT2D eigenvalue weighted by atomic mass is 9.74. The lowest BCUT2D eigenvalue weighted by Crippen LogP contribution is -2.56. The van der Waals surface area contributed by atoms with Crippen LogP contribution >= 0.6 is 0 Å². The van der Waals surface area contributed by atoms with Crippen LogP contribution < -0.4 is 10.6 Å². The fourth-order valence-corrected chi connectivity index (χ4v) is 5.30. The summed E-state index contributed by atoms with van der Waals surface area (Å²) in [4.78, 5) is 40.4. The van der Waals surface area contributed by atoms with Gasteiger partial charge in [0, 0.05) is 19.6 Å². The molecule has 1 spiro atoms. The molecule has 2 N–H and O–H groups in total. The van der Waals surface area contributed by atoms with Gasteiger partial charge in [0.1, 0.15) is 11.6 Å². The van der Waals surface area contributed by atoms with Crippen molar-refractivity contribution in [1.82, 2.24) is 15.5 Å². The second-order valence-corrected chi connectivity index (χ2v) is 7.94. The van der Waals surface area contributed by atoms with E-state index >= 15 is 0 Å². The molecule has 0 aromatic carbocycles. The zero-order chi connectivity index (χ0) is 19.2. The summed E-state index contributed by atoms with van der Waals surface area (Å²) in [5.41, 5.74) is -1.07. The van der Waals surface area contributed by atoms with Crippen molar-refractivity contribution in [3.63, 3.8) is 0 Å². The van der Waals surface area contributed by atoms with E-state index < -0.39 is 29.6 Å². The zero-order valence-electron chi connectivity index (χ0n) is 15.6. The Hall–Kier alpha value is -2.15. The minimum absolute atomic E-state index is 0.139. The molecule has 3 amide bonds. The minimum Gasteiger partial charge on any atom is -0.359 e. The second kappa shape index (κ2) is 6.78. The monoisotopic (exact) mass is 373 g/mol. The lowest BCUT2D eigenvalue weighted by molar-refractivity contribution is -0.141. The molecule has 0 unspecified atom stereocenters. The van der Waals surface area contributed by atoms with Gasteiger partial charge in [-0.2, -0.15) is 0 Å². The molecule has 3 aliphatic heterocycles. The number of carbonyl (C=O) groups is 3. The van der Waals surface area contributed by atoms with Crippen molar-refractivity contribution in [1.29, 1.82) is 0 Å². The molecule has 0 radical (unpaired) electrons. The first kappa shape index (κ1) is 18.2. The predicted molar refractivity (Wildman–Crippen MR) is 98.5 cm³/mol. The Morgan fingerprint density at radius 2 is 2.07 bits per heavy atom. The topological polar surface area (TPSA) is 87.7 Å². The highest BCUT2D eigenvalue weighted by Crippen LogP contribution is 2.55. The summed E-state index contributed by atoms with van der Waals surface area (Å²) in [6.07, 6.45) is 10.1. The number of hydrogen-bond donors (Lipinski definition) is 2. The molecule has 3 fully saturated rings. The normalized spacial score (nSPS) is 37.4. The van der Waals surface area contributed by atoms with Gasteiger partial charge in [0.2, 0.25) is 17.7 Å². The molecule has 27 heavy (non-hydrogen) atoms. The van der Waals surface area contributed by atoms with E-state index in [2.05, 4.69) is 17.2 Å². The molecular weight excluding hydrogens is 346 g/mol. The van der Waals surface area contributed by atoms with Crippen LogP contribution in [0, 0.1) is 11.8 Å². The number of carbonyl (C=O) groups excluding carboxylic acids is 3. The third kappa shape index (κ3) is 2.63. The molecule has 3 heterocycles. The maximum Gasteiger partial charge on any atom is 0.246 e. The van der Waals surface area contributed by atoms with Gasteiger partial charge < -0.3 is 20.3 Å². The minimum atomic E-state index is -1.07. The van der Waals surface area contributed by atoms with Crippen LogP contribution in [0.4, 0.5) is 0 Å². The summed E-state index contributed by atoms with van der Waals surface area (Å²) in [6.45, 7) is 3.98. The van der Waals surface area contributed by atoms with Crippen LogP contribution in [0.5, 0.6) is 0 Å². The van der Waals surface area contributed by atoms with Gasteiger partial charge >= 0.3 is 0 Å². The lowest BCUT2D eigenvalue weighted by Gasteiger charge is -2.33. The summed E-state index contributed by atoms with van der Waals surface area (Å²) in [5.74, 6) is -1.90. The number of hydrogen-bond acceptors (Lipinski definition) is 4. The van der Waals surface area contributed by atoms with Gasteiger partial charge in [-0.3, -0.25) is 14.4 Å². The molecule has 5 atom stereocenters. The molecule has 7 nitrogen and oxygen atoms in total. The van der Waals surface area contributed by atoms with Gasteiger partial charge in [0.05, 0.1) is 17.9 Å². The molecule has 7 heteroatoms. The summed E-state index contributed by atoms with van der Waals surface area (Å²) < 4.78 is 6.16. The van der Waals surface area contributed by atoms with E-state index in [1.807, 2.05) is 12.2 Å². The molecule has 4 rings (SSSR count). The largest absolute Gasteiger partial charge is 0.359 e. The summed E-state index contributed by atoms with van der Waals surface area (Å²) in [7, 11) is 1.55. The number of rotatable bonds is 5. The zero-order valence-corrected chi connectivity index (χ0v) is 15.6. The van der Waals surface area contributed by atoms with Crippen LogP contribution in [-0.2, 0) is 19.1 Å². The van der Waals surface area contributed by atoms with E-state index in [1.165, 1.54) is 11.3 Å². The third-order valence-corrected chi connectivity index (χ3v) is 6.45. The Morgan fingerprint density at radius 1 is 1.33 bits per heavy atom. The number of nitrogens with zero attached hydrogens (tertiary/aromatic N) is 1. The van der Waals surface area contributed by atoms with Crippen LogP contribution in [0.15, 0.2) is 24.8 Å². The van der Waals surface area contributed by atoms with Crippen molar-refractivity contribution in [3.8, 4) is 0 Å². The van der Waals surface area contributed by atoms with Crippen molar-refractivity contribution in [2.75, 3.05) is 13.6 Å². The van der Waals surface area contributed by atoms with Gasteiger partial charge in [0.15, 0.2) is 0 Å². The van der Waals surface area contributed by atoms with Gasteiger partial charge in [-0.05, 0) is 12.8 Å². The van der Waals surface area contributed by atoms with Crippen molar-refractivity contribution >= 4 is 17.7 Å². The number of amides is 3. The first-order valence-electron chi connectivity index (χ1n) is 9.84. The first-order valence-corrected chi connectivity index (χ1v) is 9.84. The van der Waals surface area contributed by atoms with Gasteiger partial charge in [-0.15, -0.1) is 6.58 Å². The fraction of sp³-hybridized carbons (Fsp3) is 0.650. The highest BCUT2D eigenvalue weighted by Gasteiger charge is 2.72. The standard InChI is InChI=1S/C20H27N3O4/c1-3-11-23-16(18(25)22-12-7-5-4-6-8-12)20-10-9-13(27-20)14(17(24)21-2)15(20)19(23)26/h3,9-10,12-16H,1,4-8,11H2,2H3,(H,21,24)(H,22,25)/t13-,14+,15+,16+,20+/m1/s1. The Kier molecular flexibility index (Phi) is 4.58. The Morgan fingerprint density at radius 3 is 2.74 bits per heavy atom. The van der Waals surface area contributed by atoms with Crippen LogP contribution in [-0.4, -0.2) is 60.0 Å². The molecular formula is C20H27N3O4. The van der Waals surface area contributed by atoms with Crippen molar-refractivity contribution in [3.05, 3.63) is 24.8 Å². The molecule has 1 aliphatic carbocycles. The molecule has 2 bridgehead atoms. The average Bonchev–Trinajstić information content (AvgIpc) is 3.30. The molecule has 0 aromatic rings. The van der Waals surface area contributed by atoms with Gasteiger partial charge in [-0.1, -0.05) is 37.5 Å². The summed E-state index contributed by atoms with van der Waals surface area (Å²) >= 11 is 0. The summed E-state index contributed by atoms with van der Waals surface area (Å²) in [5, 5.41) is 5.77. The smallest absolute Gasteiger partial charge is 0.246 e. The molecule has 0 aromatic heterocycles. The maximum atomic E-state index is 13.3. The molecule has 4 aliphatic rings. The highest BCUT2D eigenvalue weighted by molar-refractivity contribution is 5.99. The van der Waals surface area contributed by atoms with Crippen molar-refractivity contribution < 1.29 is 19.1 Å². The average molecular weight is 373 g/mol. The molecule has 1 saturated carbocycles. The van der Waals surface area contributed by atoms with Crippen LogP contribution in [0.1, 0.15) is 32.1 Å². The third-order valence-electron chi connectivity index (χ3n) is 6.45. The van der Waals surface area contributed by atoms with E-state index in [4.69, 9.17) is 4.74 Å². The highest BCUT2D eigenvalue weighted by atomic mass is 16.5. The summed E-state index contributed by atoms with van der Waals surface area (Å²) in [6, 6.07) is -0.634. The van der Waals surface area contributed by atoms with E-state index in [0.717, 1.165) is 25.7 Å². The predicted octanol–water partition coefficient (Wildman–Crippen LogP) is 0.518. The van der Waals surface area contributed by atoms with E-state index in [0.29, 0.717) is 0 Å². The van der Waals surface area contributed by atoms with Crippen LogP contribution in [0.3, 0.4) is 0 Å². The van der Waals surface area contributed by atoms with Gasteiger partial charge in [0.25, 0.3) is 0 Å². The van der Waals surface area contributed by atoms with E-state index in [-0.39, 0.29) is 30.3 Å². The van der Waals surface area contributed by atoms with Crippen LogP contribution in [0.25, 0.3) is 0 Å². The molecule has 2 saturated heterocycles. The SMILES string of the molecule is C=CCN1C(=O)[C@@H]2[C@@H](C(=O)NC)[C@H]3C=C[C@@]2(O3)[C@@H]1C(=O)NC1CCCCC1. The van der Waals surface area contributed by atoms with E-state index in [9.17, 15) is 14.4 Å². The van der Waals surface area contributed by atoms with Gasteiger partial charge in [-0.25, -0.2) is 0 Å².